The van der Waals surface area contributed by atoms with Gasteiger partial charge in [-0.2, -0.15) is 0 Å². The molecule has 7 heteroatoms. The van der Waals surface area contributed by atoms with Crippen LogP contribution in [0.5, 0.6) is 11.8 Å². The van der Waals surface area contributed by atoms with E-state index in [4.69, 9.17) is 9.47 Å². The van der Waals surface area contributed by atoms with Crippen molar-refractivity contribution in [2.24, 2.45) is 0 Å². The maximum Gasteiger partial charge on any atom is 0.316 e. The molecule has 0 bridgehead atoms. The van der Waals surface area contributed by atoms with E-state index >= 15 is 0 Å². The lowest BCUT2D eigenvalue weighted by Gasteiger charge is -2.32. The summed E-state index contributed by atoms with van der Waals surface area (Å²) in [5.41, 5.74) is 0.589. The van der Waals surface area contributed by atoms with Crippen LogP contribution in [0.2, 0.25) is 0 Å². The molecule has 3 rings (SSSR count). The molecule has 6 nitrogen and oxygen atoms in total. The molecular formula is C17H18BrN3O3. The van der Waals surface area contributed by atoms with E-state index in [1.54, 1.807) is 36.5 Å². The van der Waals surface area contributed by atoms with Gasteiger partial charge >= 0.3 is 6.01 Å². The highest BCUT2D eigenvalue weighted by molar-refractivity contribution is 9.10. The number of hydrogen-bond donors (Lipinski definition) is 0. The van der Waals surface area contributed by atoms with Crippen molar-refractivity contribution in [2.75, 3.05) is 20.2 Å². The largest absolute Gasteiger partial charge is 0.497 e. The Morgan fingerprint density at radius 2 is 2.12 bits per heavy atom. The SMILES string of the molecule is COc1ccc(Br)c(C(=O)N2CCCC(Oc3ncccn3)C2)c1. The van der Waals surface area contributed by atoms with E-state index in [1.807, 2.05) is 12.1 Å². The first-order valence-corrected chi connectivity index (χ1v) is 8.53. The Labute approximate surface area is 148 Å². The van der Waals surface area contributed by atoms with Crippen LogP contribution in [0.1, 0.15) is 23.2 Å². The Morgan fingerprint density at radius 1 is 1.33 bits per heavy atom. The van der Waals surface area contributed by atoms with E-state index in [0.717, 1.165) is 17.3 Å². The Kier molecular flexibility index (Phi) is 5.30. The maximum atomic E-state index is 12.8. The van der Waals surface area contributed by atoms with Crippen molar-refractivity contribution in [2.45, 2.75) is 18.9 Å². The van der Waals surface area contributed by atoms with Crippen LogP contribution < -0.4 is 9.47 Å². The van der Waals surface area contributed by atoms with Gasteiger partial charge in [0, 0.05) is 23.4 Å². The summed E-state index contributed by atoms with van der Waals surface area (Å²) in [6.07, 6.45) is 4.93. The third-order valence-electron chi connectivity index (χ3n) is 3.88. The maximum absolute atomic E-state index is 12.8. The molecular weight excluding hydrogens is 374 g/mol. The van der Waals surface area contributed by atoms with Crippen LogP contribution in [0, 0.1) is 0 Å². The van der Waals surface area contributed by atoms with Crippen LogP contribution in [0.4, 0.5) is 0 Å². The lowest BCUT2D eigenvalue weighted by atomic mass is 10.1. The summed E-state index contributed by atoms with van der Waals surface area (Å²) in [5.74, 6) is 0.618. The zero-order chi connectivity index (χ0) is 16.9. The average molecular weight is 392 g/mol. The third kappa shape index (κ3) is 3.84. The van der Waals surface area contributed by atoms with Crippen molar-refractivity contribution >= 4 is 21.8 Å². The summed E-state index contributed by atoms with van der Waals surface area (Å²) in [6, 6.07) is 7.47. The van der Waals surface area contributed by atoms with Crippen molar-refractivity contribution in [1.29, 1.82) is 0 Å². The second-order valence-electron chi connectivity index (χ2n) is 5.51. The Hall–Kier alpha value is -2.15. The van der Waals surface area contributed by atoms with E-state index in [1.165, 1.54) is 0 Å². The number of ether oxygens (including phenoxy) is 2. The Balaban J connectivity index is 1.71. The minimum Gasteiger partial charge on any atom is -0.497 e. The molecule has 1 aliphatic rings. The first-order valence-electron chi connectivity index (χ1n) is 7.74. The molecule has 1 aromatic heterocycles. The van der Waals surface area contributed by atoms with Gasteiger partial charge in [-0.15, -0.1) is 0 Å². The molecule has 2 aromatic rings. The van der Waals surface area contributed by atoms with Gasteiger partial charge in [0.25, 0.3) is 5.91 Å². The van der Waals surface area contributed by atoms with Gasteiger partial charge in [0.15, 0.2) is 0 Å². The smallest absolute Gasteiger partial charge is 0.316 e. The zero-order valence-electron chi connectivity index (χ0n) is 13.3. The predicted octanol–water partition coefficient (Wildman–Crippen LogP) is 2.93. The average Bonchev–Trinajstić information content (AvgIpc) is 2.63. The van der Waals surface area contributed by atoms with Crippen molar-refractivity contribution in [1.82, 2.24) is 14.9 Å². The van der Waals surface area contributed by atoms with Crippen LogP contribution in [0.25, 0.3) is 0 Å². The number of carbonyl (C=O) groups excluding carboxylic acids is 1. The lowest BCUT2D eigenvalue weighted by Crippen LogP contribution is -2.44. The molecule has 0 radical (unpaired) electrons. The molecule has 1 atom stereocenters. The molecule has 1 aliphatic heterocycles. The summed E-state index contributed by atoms with van der Waals surface area (Å²) in [6.45, 7) is 1.22. The van der Waals surface area contributed by atoms with Crippen LogP contribution in [-0.2, 0) is 0 Å². The van der Waals surface area contributed by atoms with Gasteiger partial charge in [0.2, 0.25) is 0 Å². The number of rotatable bonds is 4. The molecule has 1 aromatic carbocycles. The van der Waals surface area contributed by atoms with Crippen LogP contribution >= 0.6 is 15.9 Å². The predicted molar refractivity (Wildman–Crippen MR) is 92.3 cm³/mol. The van der Waals surface area contributed by atoms with Crippen LogP contribution in [-0.4, -0.2) is 47.1 Å². The van der Waals surface area contributed by atoms with Gasteiger partial charge in [0.1, 0.15) is 11.9 Å². The fourth-order valence-corrected chi connectivity index (χ4v) is 3.10. The minimum atomic E-state index is -0.102. The molecule has 1 saturated heterocycles. The quantitative estimate of drug-likeness (QED) is 0.801. The highest BCUT2D eigenvalue weighted by atomic mass is 79.9. The number of likely N-dealkylation sites (tertiary alicyclic amines) is 1. The molecule has 0 N–H and O–H groups in total. The molecule has 0 spiro atoms. The van der Waals surface area contributed by atoms with Crippen molar-refractivity contribution in [3.05, 3.63) is 46.7 Å². The van der Waals surface area contributed by atoms with E-state index < -0.39 is 0 Å². The summed E-state index contributed by atoms with van der Waals surface area (Å²) in [7, 11) is 1.59. The van der Waals surface area contributed by atoms with Crippen molar-refractivity contribution in [3.8, 4) is 11.8 Å². The topological polar surface area (TPSA) is 64.5 Å². The summed E-state index contributed by atoms with van der Waals surface area (Å²) >= 11 is 3.44. The number of nitrogens with zero attached hydrogens (tertiary/aromatic N) is 3. The van der Waals surface area contributed by atoms with E-state index in [9.17, 15) is 4.79 Å². The van der Waals surface area contributed by atoms with Crippen molar-refractivity contribution < 1.29 is 14.3 Å². The van der Waals surface area contributed by atoms with Gasteiger partial charge in [-0.1, -0.05) is 0 Å². The summed E-state index contributed by atoms with van der Waals surface area (Å²) in [4.78, 5) is 22.8. The molecule has 1 fully saturated rings. The van der Waals surface area contributed by atoms with Crippen molar-refractivity contribution in [3.63, 3.8) is 0 Å². The lowest BCUT2D eigenvalue weighted by molar-refractivity contribution is 0.0514. The molecule has 2 heterocycles. The number of piperidine rings is 1. The standard InChI is InChI=1S/C17H18BrN3O3/c1-23-12-5-6-15(18)14(10-12)16(22)21-9-2-4-13(11-21)24-17-19-7-3-8-20-17/h3,5-8,10,13H,2,4,9,11H2,1H3. The first-order chi connectivity index (χ1) is 11.7. The Bertz CT molecular complexity index is 711. The molecule has 1 amide bonds. The number of aromatic nitrogens is 2. The van der Waals surface area contributed by atoms with Gasteiger partial charge in [-0.05, 0) is 53.0 Å². The summed E-state index contributed by atoms with van der Waals surface area (Å²) in [5, 5.41) is 0. The van der Waals surface area contributed by atoms with E-state index in [2.05, 4.69) is 25.9 Å². The third-order valence-corrected chi connectivity index (χ3v) is 4.57. The van der Waals surface area contributed by atoms with Crippen LogP contribution in [0.3, 0.4) is 0 Å². The van der Waals surface area contributed by atoms with Gasteiger partial charge in [-0.25, -0.2) is 9.97 Å². The second-order valence-corrected chi connectivity index (χ2v) is 6.36. The molecule has 24 heavy (non-hydrogen) atoms. The molecule has 0 saturated carbocycles. The van der Waals surface area contributed by atoms with E-state index in [-0.39, 0.29) is 12.0 Å². The molecule has 126 valence electrons. The first kappa shape index (κ1) is 16.7. The fraction of sp³-hybridized carbons (Fsp3) is 0.353. The van der Waals surface area contributed by atoms with Gasteiger partial charge in [0.05, 0.1) is 19.2 Å². The normalized spacial score (nSPS) is 17.4. The highest BCUT2D eigenvalue weighted by Gasteiger charge is 2.27. The number of halogens is 1. The molecule has 1 unspecified atom stereocenters. The second kappa shape index (κ2) is 7.61. The van der Waals surface area contributed by atoms with Gasteiger partial charge in [-0.3, -0.25) is 4.79 Å². The fourth-order valence-electron chi connectivity index (χ4n) is 2.68. The zero-order valence-corrected chi connectivity index (χ0v) is 14.9. The number of benzene rings is 1. The molecule has 0 aliphatic carbocycles. The minimum absolute atomic E-state index is 0.0388. The number of carbonyl (C=O) groups is 1. The monoisotopic (exact) mass is 391 g/mol. The van der Waals surface area contributed by atoms with E-state index in [0.29, 0.717) is 30.4 Å². The van der Waals surface area contributed by atoms with Crippen LogP contribution in [0.15, 0.2) is 41.1 Å². The Morgan fingerprint density at radius 3 is 2.88 bits per heavy atom. The van der Waals surface area contributed by atoms with Gasteiger partial charge < -0.3 is 14.4 Å². The number of hydrogen-bond acceptors (Lipinski definition) is 5. The summed E-state index contributed by atoms with van der Waals surface area (Å²) < 4.78 is 11.8. The number of methoxy groups -OCH3 is 1. The number of amides is 1. The highest BCUT2D eigenvalue weighted by Crippen LogP contribution is 2.25.